The number of esters is 1. The SMILES string of the molecule is Cc1oc2ncn(C)c(=O)c2c1C(=O)OCC(=O)N1CCN(C(=O)Nc2ccccc2)CC1. The van der Waals surface area contributed by atoms with Gasteiger partial charge < -0.3 is 28.8 Å². The largest absolute Gasteiger partial charge is 0.452 e. The van der Waals surface area contributed by atoms with Crippen LogP contribution in [0.4, 0.5) is 10.5 Å². The number of hydrogen-bond acceptors (Lipinski definition) is 7. The molecule has 1 fully saturated rings. The van der Waals surface area contributed by atoms with Gasteiger partial charge in [0.15, 0.2) is 6.61 Å². The summed E-state index contributed by atoms with van der Waals surface area (Å²) in [5.41, 5.74) is 0.257. The fourth-order valence-electron chi connectivity index (χ4n) is 3.61. The van der Waals surface area contributed by atoms with Gasteiger partial charge in [0.1, 0.15) is 23.0 Å². The second-order valence-electron chi connectivity index (χ2n) is 7.61. The molecule has 1 aromatic carbocycles. The Morgan fingerprint density at radius 3 is 2.45 bits per heavy atom. The molecule has 0 spiro atoms. The predicted molar refractivity (Wildman–Crippen MR) is 118 cm³/mol. The predicted octanol–water partition coefficient (Wildman–Crippen LogP) is 1.37. The van der Waals surface area contributed by atoms with Crippen molar-refractivity contribution in [1.82, 2.24) is 19.4 Å². The number of urea groups is 1. The number of carbonyl (C=O) groups excluding carboxylic acids is 3. The van der Waals surface area contributed by atoms with Crippen LogP contribution in [0.5, 0.6) is 0 Å². The van der Waals surface area contributed by atoms with E-state index in [0.717, 1.165) is 0 Å². The maximum absolute atomic E-state index is 12.6. The molecule has 1 aliphatic heterocycles. The number of aromatic nitrogens is 2. The van der Waals surface area contributed by atoms with Crippen LogP contribution >= 0.6 is 0 Å². The first-order chi connectivity index (χ1) is 15.8. The molecule has 0 aliphatic carbocycles. The van der Waals surface area contributed by atoms with E-state index in [9.17, 15) is 19.2 Å². The molecule has 1 aliphatic rings. The van der Waals surface area contributed by atoms with Crippen LogP contribution in [0.1, 0.15) is 16.1 Å². The zero-order chi connectivity index (χ0) is 23.5. The molecule has 3 heterocycles. The molecule has 3 aromatic rings. The van der Waals surface area contributed by atoms with Crippen molar-refractivity contribution >= 4 is 34.7 Å². The van der Waals surface area contributed by atoms with Crippen LogP contribution in [0.15, 0.2) is 45.9 Å². The Bertz CT molecular complexity index is 1260. The number of carbonyl (C=O) groups is 3. The van der Waals surface area contributed by atoms with Gasteiger partial charge in [-0.2, -0.15) is 0 Å². The zero-order valence-corrected chi connectivity index (χ0v) is 18.2. The average molecular weight is 453 g/mol. The standard InChI is InChI=1S/C22H23N5O6/c1-14-17(18-19(33-14)23-13-25(2)20(18)29)21(30)32-12-16(28)26-8-10-27(11-9-26)22(31)24-15-6-4-3-5-7-15/h3-7,13H,8-12H2,1-2H3,(H,24,31). The van der Waals surface area contributed by atoms with Crippen molar-refractivity contribution in [3.63, 3.8) is 0 Å². The van der Waals surface area contributed by atoms with Gasteiger partial charge in [0, 0.05) is 38.9 Å². The first kappa shape index (κ1) is 22.1. The highest BCUT2D eigenvalue weighted by Crippen LogP contribution is 2.21. The minimum atomic E-state index is -0.828. The highest BCUT2D eigenvalue weighted by molar-refractivity contribution is 6.03. The van der Waals surface area contributed by atoms with Crippen molar-refractivity contribution in [3.05, 3.63) is 58.3 Å². The van der Waals surface area contributed by atoms with Crippen molar-refractivity contribution in [3.8, 4) is 0 Å². The van der Waals surface area contributed by atoms with Crippen molar-refractivity contribution < 1.29 is 23.5 Å². The lowest BCUT2D eigenvalue weighted by atomic mass is 10.2. The molecule has 11 nitrogen and oxygen atoms in total. The van der Waals surface area contributed by atoms with Gasteiger partial charge in [0.25, 0.3) is 11.5 Å². The summed E-state index contributed by atoms with van der Waals surface area (Å²) in [6.45, 7) is 2.38. The Labute approximate surface area is 188 Å². The van der Waals surface area contributed by atoms with Crippen LogP contribution in [-0.4, -0.2) is 70.0 Å². The Kier molecular flexibility index (Phi) is 6.11. The number of fused-ring (bicyclic) bond motifs is 1. The molecule has 33 heavy (non-hydrogen) atoms. The molecule has 4 rings (SSSR count). The highest BCUT2D eigenvalue weighted by atomic mass is 16.5. The first-order valence-corrected chi connectivity index (χ1v) is 10.4. The second-order valence-corrected chi connectivity index (χ2v) is 7.61. The number of nitrogens with one attached hydrogen (secondary N) is 1. The van der Waals surface area contributed by atoms with Crippen molar-refractivity contribution in [1.29, 1.82) is 0 Å². The summed E-state index contributed by atoms with van der Waals surface area (Å²) >= 11 is 0. The molecule has 2 aromatic heterocycles. The molecule has 0 radical (unpaired) electrons. The lowest BCUT2D eigenvalue weighted by molar-refractivity contribution is -0.135. The summed E-state index contributed by atoms with van der Waals surface area (Å²) in [6, 6.07) is 8.87. The maximum atomic E-state index is 12.6. The molecule has 11 heteroatoms. The number of para-hydroxylation sites is 1. The fraction of sp³-hybridized carbons (Fsp3) is 0.318. The average Bonchev–Trinajstić information content (AvgIpc) is 3.17. The van der Waals surface area contributed by atoms with Crippen molar-refractivity contribution in [2.24, 2.45) is 7.05 Å². The fourth-order valence-corrected chi connectivity index (χ4v) is 3.61. The maximum Gasteiger partial charge on any atom is 0.343 e. The van der Waals surface area contributed by atoms with Gasteiger partial charge in [-0.3, -0.25) is 9.59 Å². The van der Waals surface area contributed by atoms with E-state index in [1.54, 1.807) is 17.0 Å². The van der Waals surface area contributed by atoms with Crippen LogP contribution in [0.3, 0.4) is 0 Å². The number of piperazine rings is 1. The third-order valence-electron chi connectivity index (χ3n) is 5.42. The van der Waals surface area contributed by atoms with E-state index < -0.39 is 18.1 Å². The quantitative estimate of drug-likeness (QED) is 0.591. The number of aryl methyl sites for hydroxylation is 2. The Balaban J connectivity index is 1.32. The number of hydrogen-bond donors (Lipinski definition) is 1. The van der Waals surface area contributed by atoms with E-state index >= 15 is 0 Å². The lowest BCUT2D eigenvalue weighted by Gasteiger charge is -2.34. The van der Waals surface area contributed by atoms with Crippen LogP contribution in [0.25, 0.3) is 11.1 Å². The molecule has 0 unspecified atom stereocenters. The summed E-state index contributed by atoms with van der Waals surface area (Å²) < 4.78 is 11.8. The van der Waals surface area contributed by atoms with Gasteiger partial charge >= 0.3 is 12.0 Å². The van der Waals surface area contributed by atoms with Crippen LogP contribution < -0.4 is 10.9 Å². The van der Waals surface area contributed by atoms with E-state index in [0.29, 0.717) is 31.9 Å². The second kappa shape index (κ2) is 9.15. The van der Waals surface area contributed by atoms with E-state index in [1.165, 1.54) is 29.8 Å². The number of benzene rings is 1. The summed E-state index contributed by atoms with van der Waals surface area (Å²) in [7, 11) is 1.51. The van der Waals surface area contributed by atoms with Gasteiger partial charge in [-0.25, -0.2) is 14.6 Å². The highest BCUT2D eigenvalue weighted by Gasteiger charge is 2.27. The number of anilines is 1. The van der Waals surface area contributed by atoms with Crippen LogP contribution in [-0.2, 0) is 16.6 Å². The first-order valence-electron chi connectivity index (χ1n) is 10.4. The smallest absolute Gasteiger partial charge is 0.343 e. The third-order valence-corrected chi connectivity index (χ3v) is 5.42. The molecule has 0 saturated carbocycles. The lowest BCUT2D eigenvalue weighted by Crippen LogP contribution is -2.52. The molecule has 1 N–H and O–H groups in total. The van der Waals surface area contributed by atoms with Gasteiger partial charge in [-0.1, -0.05) is 18.2 Å². The summed E-state index contributed by atoms with van der Waals surface area (Å²) in [5, 5.41) is 2.83. The molecular weight excluding hydrogens is 430 g/mol. The minimum Gasteiger partial charge on any atom is -0.452 e. The minimum absolute atomic E-state index is 0.0213. The summed E-state index contributed by atoms with van der Waals surface area (Å²) in [4.78, 5) is 57.1. The van der Waals surface area contributed by atoms with Gasteiger partial charge in [-0.15, -0.1) is 0 Å². The van der Waals surface area contributed by atoms with Crippen LogP contribution in [0.2, 0.25) is 0 Å². The van der Waals surface area contributed by atoms with E-state index in [4.69, 9.17) is 9.15 Å². The molecule has 3 amide bonds. The van der Waals surface area contributed by atoms with E-state index in [-0.39, 0.29) is 34.4 Å². The third kappa shape index (κ3) is 4.56. The van der Waals surface area contributed by atoms with Gasteiger partial charge in [0.05, 0.1) is 0 Å². The van der Waals surface area contributed by atoms with Crippen molar-refractivity contribution in [2.75, 3.05) is 38.1 Å². The molecule has 0 atom stereocenters. The number of amides is 3. The number of furan rings is 1. The topological polar surface area (TPSA) is 127 Å². The summed E-state index contributed by atoms with van der Waals surface area (Å²) in [5.74, 6) is -1.02. The van der Waals surface area contributed by atoms with E-state index in [2.05, 4.69) is 10.3 Å². The summed E-state index contributed by atoms with van der Waals surface area (Å²) in [6.07, 6.45) is 1.30. The monoisotopic (exact) mass is 453 g/mol. The Morgan fingerprint density at radius 2 is 1.76 bits per heavy atom. The van der Waals surface area contributed by atoms with Gasteiger partial charge in [0.2, 0.25) is 5.71 Å². The number of nitrogens with zero attached hydrogens (tertiary/aromatic N) is 4. The Hall–Kier alpha value is -4.15. The molecule has 172 valence electrons. The molecule has 0 bridgehead atoms. The molecular formula is C22H23N5O6. The molecule has 1 saturated heterocycles. The van der Waals surface area contributed by atoms with Crippen LogP contribution in [0, 0.1) is 6.92 Å². The van der Waals surface area contributed by atoms with Gasteiger partial charge in [-0.05, 0) is 19.1 Å². The van der Waals surface area contributed by atoms with Crippen molar-refractivity contribution in [2.45, 2.75) is 6.92 Å². The zero-order valence-electron chi connectivity index (χ0n) is 18.2. The number of rotatable bonds is 4. The van der Waals surface area contributed by atoms with E-state index in [1.807, 2.05) is 18.2 Å². The normalized spacial score (nSPS) is 13.8. The Morgan fingerprint density at radius 1 is 1.09 bits per heavy atom. The number of ether oxygens (including phenoxy) is 1.